The van der Waals surface area contributed by atoms with E-state index in [2.05, 4.69) is 25.8 Å². The Labute approximate surface area is 192 Å². The lowest BCUT2D eigenvalue weighted by molar-refractivity contribution is -0.128. The van der Waals surface area contributed by atoms with Crippen LogP contribution in [0.4, 0.5) is 11.5 Å². The molecule has 9 heteroatoms. The van der Waals surface area contributed by atoms with Crippen molar-refractivity contribution in [1.82, 2.24) is 14.9 Å². The molecule has 0 atom stereocenters. The van der Waals surface area contributed by atoms with Crippen molar-refractivity contribution in [3.63, 3.8) is 0 Å². The third kappa shape index (κ3) is 5.54. The van der Waals surface area contributed by atoms with Gasteiger partial charge in [-0.25, -0.2) is 9.97 Å². The van der Waals surface area contributed by atoms with Crippen molar-refractivity contribution in [3.05, 3.63) is 35.5 Å². The molecular weight excluding hydrogens is 434 g/mol. The standard InChI is InChI=1S/C22H28ClN5O2S/c1-2-30-18-8-4-3-7-17(18)26-11-13-28(14-12-26)21(29)16-31-22-24-19(23)15-20(25-22)27-9-5-6-10-27/h3-4,7-8,15H,2,5-6,9-14,16H2,1H3. The molecule has 2 fully saturated rings. The van der Waals surface area contributed by atoms with Gasteiger partial charge >= 0.3 is 0 Å². The maximum atomic E-state index is 12.8. The minimum absolute atomic E-state index is 0.106. The monoisotopic (exact) mass is 461 g/mol. The Morgan fingerprint density at radius 3 is 2.55 bits per heavy atom. The van der Waals surface area contributed by atoms with Crippen molar-refractivity contribution in [3.8, 4) is 5.75 Å². The minimum atomic E-state index is 0.106. The number of ether oxygens (including phenoxy) is 1. The number of nitrogens with zero attached hydrogens (tertiary/aromatic N) is 5. The summed E-state index contributed by atoms with van der Waals surface area (Å²) in [4.78, 5) is 28.1. The zero-order valence-electron chi connectivity index (χ0n) is 17.8. The number of carbonyl (C=O) groups excluding carboxylic acids is 1. The summed E-state index contributed by atoms with van der Waals surface area (Å²) in [5.41, 5.74) is 1.09. The van der Waals surface area contributed by atoms with E-state index in [1.807, 2.05) is 30.0 Å². The van der Waals surface area contributed by atoms with Gasteiger partial charge in [0.05, 0.1) is 18.0 Å². The summed E-state index contributed by atoms with van der Waals surface area (Å²) in [5, 5.41) is 0.987. The minimum Gasteiger partial charge on any atom is -0.492 e. The van der Waals surface area contributed by atoms with Crippen LogP contribution in [0.2, 0.25) is 5.15 Å². The number of hydrogen-bond donors (Lipinski definition) is 0. The fourth-order valence-electron chi connectivity index (χ4n) is 3.97. The lowest BCUT2D eigenvalue weighted by Gasteiger charge is -2.36. The Morgan fingerprint density at radius 1 is 1.06 bits per heavy atom. The Balaban J connectivity index is 1.31. The Bertz CT molecular complexity index is 901. The van der Waals surface area contributed by atoms with Gasteiger partial charge in [-0.1, -0.05) is 35.5 Å². The van der Waals surface area contributed by atoms with Crippen molar-refractivity contribution >= 4 is 40.8 Å². The molecule has 2 aliphatic rings. The molecule has 0 radical (unpaired) electrons. The maximum Gasteiger partial charge on any atom is 0.233 e. The molecule has 4 rings (SSSR count). The lowest BCUT2D eigenvalue weighted by atomic mass is 10.2. The molecule has 0 spiro atoms. The number of anilines is 2. The van der Waals surface area contributed by atoms with Crippen LogP contribution in [0.15, 0.2) is 35.5 Å². The van der Waals surface area contributed by atoms with Gasteiger partial charge in [-0.3, -0.25) is 4.79 Å². The van der Waals surface area contributed by atoms with Gasteiger partial charge in [0.1, 0.15) is 16.7 Å². The number of aromatic nitrogens is 2. The quantitative estimate of drug-likeness (QED) is 0.355. The van der Waals surface area contributed by atoms with Crippen molar-refractivity contribution in [2.24, 2.45) is 0 Å². The van der Waals surface area contributed by atoms with E-state index in [0.717, 1.165) is 43.4 Å². The van der Waals surface area contributed by atoms with Crippen LogP contribution in [0.3, 0.4) is 0 Å². The van der Waals surface area contributed by atoms with Crippen LogP contribution in [-0.4, -0.2) is 72.4 Å². The molecule has 0 aliphatic carbocycles. The van der Waals surface area contributed by atoms with Crippen LogP contribution in [0.5, 0.6) is 5.75 Å². The molecule has 1 aromatic heterocycles. The molecule has 166 valence electrons. The molecule has 2 aliphatic heterocycles. The first-order valence-electron chi connectivity index (χ1n) is 10.8. The van der Waals surface area contributed by atoms with Crippen LogP contribution in [0.25, 0.3) is 0 Å². The third-order valence-electron chi connectivity index (χ3n) is 5.55. The van der Waals surface area contributed by atoms with Gasteiger partial charge in [0, 0.05) is 45.3 Å². The van der Waals surface area contributed by atoms with Gasteiger partial charge in [0.25, 0.3) is 0 Å². The van der Waals surface area contributed by atoms with Gasteiger partial charge in [0.15, 0.2) is 5.16 Å². The molecule has 1 aromatic carbocycles. The first-order chi connectivity index (χ1) is 15.1. The van der Waals surface area contributed by atoms with Crippen LogP contribution >= 0.6 is 23.4 Å². The number of para-hydroxylation sites is 2. The van der Waals surface area contributed by atoms with Crippen molar-refractivity contribution in [2.45, 2.75) is 24.9 Å². The SMILES string of the molecule is CCOc1ccccc1N1CCN(C(=O)CSc2nc(Cl)cc(N3CCCC3)n2)CC1. The number of piperazine rings is 1. The molecule has 0 N–H and O–H groups in total. The Kier molecular flexibility index (Phi) is 7.40. The second-order valence-electron chi connectivity index (χ2n) is 7.58. The van der Waals surface area contributed by atoms with Crippen LogP contribution in [0.1, 0.15) is 19.8 Å². The van der Waals surface area contributed by atoms with E-state index in [0.29, 0.717) is 35.8 Å². The zero-order chi connectivity index (χ0) is 21.6. The molecule has 7 nitrogen and oxygen atoms in total. The van der Waals surface area contributed by atoms with Crippen LogP contribution in [0, 0.1) is 0 Å². The molecule has 2 aromatic rings. The second kappa shape index (κ2) is 10.4. The summed E-state index contributed by atoms with van der Waals surface area (Å²) in [7, 11) is 0. The second-order valence-corrected chi connectivity index (χ2v) is 8.91. The summed E-state index contributed by atoms with van der Waals surface area (Å²) >= 11 is 7.56. The smallest absolute Gasteiger partial charge is 0.233 e. The Hall–Kier alpha value is -2.19. The predicted molar refractivity (Wildman–Crippen MR) is 126 cm³/mol. The first kappa shape index (κ1) is 22.0. The molecule has 2 saturated heterocycles. The molecule has 0 unspecified atom stereocenters. The number of benzene rings is 1. The van der Waals surface area contributed by atoms with E-state index >= 15 is 0 Å². The zero-order valence-corrected chi connectivity index (χ0v) is 19.4. The Morgan fingerprint density at radius 2 is 1.81 bits per heavy atom. The topological polar surface area (TPSA) is 61.8 Å². The maximum absolute atomic E-state index is 12.8. The van der Waals surface area contributed by atoms with Gasteiger partial charge < -0.3 is 19.4 Å². The highest BCUT2D eigenvalue weighted by Gasteiger charge is 2.23. The normalized spacial score (nSPS) is 16.6. The predicted octanol–water partition coefficient (Wildman–Crippen LogP) is 3.57. The van der Waals surface area contributed by atoms with Crippen molar-refractivity contribution < 1.29 is 9.53 Å². The van der Waals surface area contributed by atoms with Crippen molar-refractivity contribution in [1.29, 1.82) is 0 Å². The van der Waals surface area contributed by atoms with Gasteiger partial charge in [0.2, 0.25) is 5.91 Å². The molecule has 0 bridgehead atoms. The number of hydrogen-bond acceptors (Lipinski definition) is 7. The number of rotatable bonds is 7. The van der Waals surface area contributed by atoms with E-state index < -0.39 is 0 Å². The molecular formula is C22H28ClN5O2S. The number of halogens is 1. The molecule has 31 heavy (non-hydrogen) atoms. The molecule has 1 amide bonds. The van der Waals surface area contributed by atoms with E-state index in [1.165, 1.54) is 24.6 Å². The van der Waals surface area contributed by atoms with Gasteiger partial charge in [-0.05, 0) is 31.9 Å². The first-order valence-corrected chi connectivity index (χ1v) is 12.2. The fourth-order valence-corrected chi connectivity index (χ4v) is 4.95. The molecule has 0 saturated carbocycles. The van der Waals surface area contributed by atoms with Crippen LogP contribution in [-0.2, 0) is 4.79 Å². The third-order valence-corrected chi connectivity index (χ3v) is 6.58. The fraction of sp³-hybridized carbons (Fsp3) is 0.500. The highest BCUT2D eigenvalue weighted by molar-refractivity contribution is 7.99. The summed E-state index contributed by atoms with van der Waals surface area (Å²) in [6.45, 7) is 7.56. The number of amides is 1. The van der Waals surface area contributed by atoms with Gasteiger partial charge in [-0.15, -0.1) is 0 Å². The largest absolute Gasteiger partial charge is 0.492 e. The number of thioether (sulfide) groups is 1. The van der Waals surface area contributed by atoms with E-state index in [9.17, 15) is 4.79 Å². The van der Waals surface area contributed by atoms with Gasteiger partial charge in [-0.2, -0.15) is 0 Å². The number of carbonyl (C=O) groups is 1. The van der Waals surface area contributed by atoms with E-state index in [4.69, 9.17) is 16.3 Å². The summed E-state index contributed by atoms with van der Waals surface area (Å²) < 4.78 is 5.75. The van der Waals surface area contributed by atoms with E-state index in [1.54, 1.807) is 6.07 Å². The van der Waals surface area contributed by atoms with Crippen molar-refractivity contribution in [2.75, 3.05) is 61.4 Å². The highest BCUT2D eigenvalue weighted by atomic mass is 35.5. The average molecular weight is 462 g/mol. The van der Waals surface area contributed by atoms with Crippen LogP contribution < -0.4 is 14.5 Å². The molecule has 3 heterocycles. The lowest BCUT2D eigenvalue weighted by Crippen LogP contribution is -2.49. The van der Waals surface area contributed by atoms with E-state index in [-0.39, 0.29) is 5.91 Å². The summed E-state index contributed by atoms with van der Waals surface area (Å²) in [6.07, 6.45) is 2.34. The summed E-state index contributed by atoms with van der Waals surface area (Å²) in [6, 6.07) is 9.88. The average Bonchev–Trinajstić information content (AvgIpc) is 3.33. The highest BCUT2D eigenvalue weighted by Crippen LogP contribution is 2.29. The summed E-state index contributed by atoms with van der Waals surface area (Å²) in [5.74, 6) is 2.17.